The lowest BCUT2D eigenvalue weighted by Gasteiger charge is -2.40. The quantitative estimate of drug-likeness (QED) is 0.900. The van der Waals surface area contributed by atoms with Gasteiger partial charge in [-0.3, -0.25) is 4.79 Å². The van der Waals surface area contributed by atoms with Gasteiger partial charge in [-0.2, -0.15) is 5.26 Å². The molecule has 2 N–H and O–H groups in total. The Balaban J connectivity index is 1.52. The maximum Gasteiger partial charge on any atom is 0.219 e. The van der Waals surface area contributed by atoms with Crippen LogP contribution in [0.3, 0.4) is 0 Å². The van der Waals surface area contributed by atoms with E-state index in [2.05, 4.69) is 12.1 Å². The number of likely N-dealkylation sites (tertiary alicyclic amines) is 1. The molecule has 0 bridgehead atoms. The molecule has 1 aliphatic heterocycles. The molecule has 1 aromatic carbocycles. The molecule has 140 valence electrons. The Morgan fingerprint density at radius 3 is 2.69 bits per heavy atom. The number of piperidine rings is 1. The number of nitrogens with zero attached hydrogens (tertiary/aromatic N) is 2. The Hall–Kier alpha value is -1.90. The number of nitrogens with two attached hydrogens (primary N) is 1. The summed E-state index contributed by atoms with van der Waals surface area (Å²) in [4.78, 5) is 13.7. The molecule has 2 fully saturated rings. The first-order valence-electron chi connectivity index (χ1n) is 9.73. The minimum Gasteiger partial charge on any atom is -0.376 e. The number of nitriles is 1. The highest BCUT2D eigenvalue weighted by Gasteiger charge is 2.32. The monoisotopic (exact) mass is 355 g/mol. The standard InChI is InChI=1S/C21H29N3O2/c1-15(25)24-12-4-7-20(23)21(24)14-26-18-10-8-16(9-11-18)19-6-3-2-5-17(19)13-22/h2-3,5-6,16,18,20-21H,4,7-12,14,23H2,1H3/t16-,18+,20-,21-/m0/s1. The zero-order valence-corrected chi connectivity index (χ0v) is 15.6. The van der Waals surface area contributed by atoms with Gasteiger partial charge in [0.1, 0.15) is 0 Å². The fourth-order valence-corrected chi connectivity index (χ4v) is 4.42. The summed E-state index contributed by atoms with van der Waals surface area (Å²) >= 11 is 0. The molecular formula is C21H29N3O2. The van der Waals surface area contributed by atoms with Crippen LogP contribution in [-0.4, -0.2) is 42.1 Å². The molecule has 1 saturated carbocycles. The normalized spacial score (nSPS) is 29.2. The predicted molar refractivity (Wildman–Crippen MR) is 100 cm³/mol. The molecule has 2 aliphatic rings. The van der Waals surface area contributed by atoms with E-state index in [-0.39, 0.29) is 24.1 Å². The number of carbonyl (C=O) groups excluding carboxylic acids is 1. The zero-order chi connectivity index (χ0) is 18.5. The number of carbonyl (C=O) groups is 1. The Morgan fingerprint density at radius 2 is 2.00 bits per heavy atom. The SMILES string of the molecule is CC(=O)N1CCC[C@H](N)[C@@H]1CO[C@H]1CC[C@@H](c2ccccc2C#N)CC1. The lowest BCUT2D eigenvalue weighted by atomic mass is 9.81. The van der Waals surface area contributed by atoms with Gasteiger partial charge in [-0.1, -0.05) is 18.2 Å². The van der Waals surface area contributed by atoms with E-state index in [1.54, 1.807) is 6.92 Å². The van der Waals surface area contributed by atoms with Crippen molar-refractivity contribution in [3.05, 3.63) is 35.4 Å². The first kappa shape index (κ1) is 18.9. The van der Waals surface area contributed by atoms with Crippen LogP contribution in [-0.2, 0) is 9.53 Å². The maximum atomic E-state index is 11.9. The molecule has 1 aliphatic carbocycles. The fraction of sp³-hybridized carbons (Fsp3) is 0.619. The minimum absolute atomic E-state index is 0.00158. The summed E-state index contributed by atoms with van der Waals surface area (Å²) in [6, 6.07) is 10.2. The molecule has 3 rings (SSSR count). The van der Waals surface area contributed by atoms with Crippen molar-refractivity contribution in [2.45, 2.75) is 69.6 Å². The van der Waals surface area contributed by atoms with E-state index in [4.69, 9.17) is 10.5 Å². The fourth-order valence-electron chi connectivity index (χ4n) is 4.42. The van der Waals surface area contributed by atoms with Crippen molar-refractivity contribution < 1.29 is 9.53 Å². The molecule has 0 radical (unpaired) electrons. The van der Waals surface area contributed by atoms with E-state index in [0.717, 1.165) is 50.6 Å². The van der Waals surface area contributed by atoms with E-state index in [9.17, 15) is 10.1 Å². The molecular weight excluding hydrogens is 326 g/mol. The van der Waals surface area contributed by atoms with Gasteiger partial charge in [0.05, 0.1) is 30.4 Å². The second kappa shape index (κ2) is 8.66. The summed E-state index contributed by atoms with van der Waals surface area (Å²) in [5, 5.41) is 9.31. The third-order valence-electron chi connectivity index (χ3n) is 5.93. The van der Waals surface area contributed by atoms with E-state index in [0.29, 0.717) is 12.5 Å². The van der Waals surface area contributed by atoms with Crippen LogP contribution in [0.25, 0.3) is 0 Å². The number of benzene rings is 1. The average Bonchev–Trinajstić information content (AvgIpc) is 2.67. The molecule has 5 nitrogen and oxygen atoms in total. The van der Waals surface area contributed by atoms with Crippen molar-refractivity contribution in [3.63, 3.8) is 0 Å². The molecule has 0 unspecified atom stereocenters. The van der Waals surface area contributed by atoms with Crippen molar-refractivity contribution in [1.82, 2.24) is 4.90 Å². The highest BCUT2D eigenvalue weighted by atomic mass is 16.5. The summed E-state index contributed by atoms with van der Waals surface area (Å²) in [5.41, 5.74) is 8.21. The largest absolute Gasteiger partial charge is 0.376 e. The molecule has 26 heavy (non-hydrogen) atoms. The Labute approximate surface area is 156 Å². The van der Waals surface area contributed by atoms with Crippen LogP contribution in [0.15, 0.2) is 24.3 Å². The Bertz CT molecular complexity index is 661. The minimum atomic E-state index is -0.00158. The number of hydrogen-bond donors (Lipinski definition) is 1. The van der Waals surface area contributed by atoms with Crippen molar-refractivity contribution >= 4 is 5.91 Å². The molecule has 5 heteroatoms. The summed E-state index contributed by atoms with van der Waals surface area (Å²) < 4.78 is 6.18. The average molecular weight is 355 g/mol. The van der Waals surface area contributed by atoms with Gasteiger partial charge in [-0.25, -0.2) is 0 Å². The van der Waals surface area contributed by atoms with Gasteiger partial charge in [-0.15, -0.1) is 0 Å². The van der Waals surface area contributed by atoms with E-state index >= 15 is 0 Å². The molecule has 1 aromatic rings. The lowest BCUT2D eigenvalue weighted by Crippen LogP contribution is -2.56. The van der Waals surface area contributed by atoms with Crippen LogP contribution >= 0.6 is 0 Å². The van der Waals surface area contributed by atoms with Gasteiger partial charge in [0.25, 0.3) is 0 Å². The van der Waals surface area contributed by atoms with E-state index < -0.39 is 0 Å². The van der Waals surface area contributed by atoms with Gasteiger partial charge in [-0.05, 0) is 56.1 Å². The summed E-state index contributed by atoms with van der Waals surface area (Å²) in [7, 11) is 0. The number of ether oxygens (including phenoxy) is 1. The third kappa shape index (κ3) is 4.25. The smallest absolute Gasteiger partial charge is 0.219 e. The van der Waals surface area contributed by atoms with E-state index in [1.807, 2.05) is 23.1 Å². The van der Waals surface area contributed by atoms with Crippen molar-refractivity contribution in [2.75, 3.05) is 13.2 Å². The zero-order valence-electron chi connectivity index (χ0n) is 15.6. The third-order valence-corrected chi connectivity index (χ3v) is 5.93. The Morgan fingerprint density at radius 1 is 1.27 bits per heavy atom. The second-order valence-corrected chi connectivity index (χ2v) is 7.59. The highest BCUT2D eigenvalue weighted by molar-refractivity contribution is 5.73. The summed E-state index contributed by atoms with van der Waals surface area (Å²) in [6.45, 7) is 2.93. The topological polar surface area (TPSA) is 79.3 Å². The highest BCUT2D eigenvalue weighted by Crippen LogP contribution is 2.35. The molecule has 0 aromatic heterocycles. The number of rotatable bonds is 4. The van der Waals surface area contributed by atoms with Gasteiger partial charge < -0.3 is 15.4 Å². The second-order valence-electron chi connectivity index (χ2n) is 7.59. The van der Waals surface area contributed by atoms with Crippen LogP contribution in [0.2, 0.25) is 0 Å². The first-order chi connectivity index (χ1) is 12.6. The van der Waals surface area contributed by atoms with Gasteiger partial charge in [0.15, 0.2) is 0 Å². The lowest BCUT2D eigenvalue weighted by molar-refractivity contribution is -0.135. The molecule has 1 heterocycles. The van der Waals surface area contributed by atoms with Crippen LogP contribution in [0.4, 0.5) is 0 Å². The summed E-state index contributed by atoms with van der Waals surface area (Å²) in [5.74, 6) is 0.530. The van der Waals surface area contributed by atoms with Crippen molar-refractivity contribution in [2.24, 2.45) is 5.73 Å². The molecule has 1 amide bonds. The van der Waals surface area contributed by atoms with Gasteiger partial charge in [0.2, 0.25) is 5.91 Å². The predicted octanol–water partition coefficient (Wildman–Crippen LogP) is 2.94. The first-order valence-corrected chi connectivity index (χ1v) is 9.73. The number of amides is 1. The van der Waals surface area contributed by atoms with Crippen LogP contribution in [0, 0.1) is 11.3 Å². The van der Waals surface area contributed by atoms with Crippen LogP contribution < -0.4 is 5.73 Å². The van der Waals surface area contributed by atoms with Gasteiger partial charge >= 0.3 is 0 Å². The van der Waals surface area contributed by atoms with Crippen LogP contribution in [0.5, 0.6) is 0 Å². The number of hydrogen-bond acceptors (Lipinski definition) is 4. The van der Waals surface area contributed by atoms with E-state index in [1.165, 1.54) is 5.56 Å². The van der Waals surface area contributed by atoms with Crippen molar-refractivity contribution in [1.29, 1.82) is 5.26 Å². The summed E-state index contributed by atoms with van der Waals surface area (Å²) in [6.07, 6.45) is 6.21. The van der Waals surface area contributed by atoms with Crippen molar-refractivity contribution in [3.8, 4) is 6.07 Å². The van der Waals surface area contributed by atoms with Crippen LogP contribution in [0.1, 0.15) is 62.5 Å². The molecule has 0 spiro atoms. The maximum absolute atomic E-state index is 11.9. The molecule has 2 atom stereocenters. The van der Waals surface area contributed by atoms with Gasteiger partial charge in [0, 0.05) is 19.5 Å². The molecule has 1 saturated heterocycles. The Kier molecular flexibility index (Phi) is 6.29.